The number of hydrogen-bond acceptors (Lipinski definition) is 4. The number of nitrogens with zero attached hydrogens (tertiary/aromatic N) is 1. The molecule has 0 unspecified atom stereocenters. The Labute approximate surface area is 137 Å². The monoisotopic (exact) mass is 366 g/mol. The van der Waals surface area contributed by atoms with Gasteiger partial charge in [-0.05, 0) is 36.6 Å². The van der Waals surface area contributed by atoms with E-state index in [0.717, 1.165) is 30.5 Å². The van der Waals surface area contributed by atoms with E-state index in [4.69, 9.17) is 0 Å². The van der Waals surface area contributed by atoms with Gasteiger partial charge in [0.2, 0.25) is 20.0 Å². The van der Waals surface area contributed by atoms with Crippen LogP contribution in [0.4, 0.5) is 4.39 Å². The molecular formula is C14H23FN2O4S2. The van der Waals surface area contributed by atoms with Crippen molar-refractivity contribution in [3.8, 4) is 0 Å². The van der Waals surface area contributed by atoms with Gasteiger partial charge in [0.05, 0.1) is 11.2 Å². The molecule has 0 aliphatic heterocycles. The molecule has 0 radical (unpaired) electrons. The first-order chi connectivity index (χ1) is 10.5. The van der Waals surface area contributed by atoms with Gasteiger partial charge in [0.15, 0.2) is 0 Å². The van der Waals surface area contributed by atoms with Crippen LogP contribution in [0.1, 0.15) is 20.3 Å². The van der Waals surface area contributed by atoms with Crippen molar-refractivity contribution in [3.63, 3.8) is 0 Å². The van der Waals surface area contributed by atoms with Gasteiger partial charge in [0.25, 0.3) is 0 Å². The number of rotatable bonds is 9. The minimum absolute atomic E-state index is 0.0476. The van der Waals surface area contributed by atoms with Gasteiger partial charge >= 0.3 is 0 Å². The van der Waals surface area contributed by atoms with Gasteiger partial charge in [-0.25, -0.2) is 30.3 Å². The average molecular weight is 366 g/mol. The van der Waals surface area contributed by atoms with Crippen LogP contribution in [-0.2, 0) is 20.0 Å². The van der Waals surface area contributed by atoms with Crippen molar-refractivity contribution in [2.24, 2.45) is 5.92 Å². The highest BCUT2D eigenvalue weighted by Crippen LogP contribution is 2.10. The molecule has 0 aliphatic rings. The largest absolute Gasteiger partial charge is 0.240 e. The maximum absolute atomic E-state index is 12.8. The molecule has 0 bridgehead atoms. The average Bonchev–Trinajstić information content (AvgIpc) is 2.41. The smallest absolute Gasteiger partial charge is 0.213 e. The van der Waals surface area contributed by atoms with Crippen molar-refractivity contribution in [3.05, 3.63) is 30.1 Å². The Bertz CT molecular complexity index is 701. The highest BCUT2D eigenvalue weighted by molar-refractivity contribution is 7.89. The van der Waals surface area contributed by atoms with Gasteiger partial charge < -0.3 is 0 Å². The lowest BCUT2D eigenvalue weighted by Gasteiger charge is -2.21. The van der Waals surface area contributed by atoms with E-state index in [9.17, 15) is 21.2 Å². The predicted molar refractivity (Wildman–Crippen MR) is 87.5 cm³/mol. The molecular weight excluding hydrogens is 343 g/mol. The van der Waals surface area contributed by atoms with Crippen LogP contribution in [0.25, 0.3) is 0 Å². The second kappa shape index (κ2) is 8.18. The lowest BCUT2D eigenvalue weighted by atomic mass is 10.1. The first-order valence-electron chi connectivity index (χ1n) is 7.23. The van der Waals surface area contributed by atoms with Crippen LogP contribution in [0.2, 0.25) is 0 Å². The Morgan fingerprint density at radius 1 is 1.09 bits per heavy atom. The fraction of sp³-hybridized carbons (Fsp3) is 0.571. The molecule has 0 aliphatic carbocycles. The maximum Gasteiger partial charge on any atom is 0.240 e. The van der Waals surface area contributed by atoms with Crippen LogP contribution >= 0.6 is 0 Å². The minimum Gasteiger partial charge on any atom is -0.213 e. The summed E-state index contributed by atoms with van der Waals surface area (Å²) in [6.45, 7) is 4.31. The van der Waals surface area contributed by atoms with E-state index in [2.05, 4.69) is 4.72 Å². The Balaban J connectivity index is 2.66. The van der Waals surface area contributed by atoms with Gasteiger partial charge in [-0.1, -0.05) is 13.8 Å². The quantitative estimate of drug-likeness (QED) is 0.716. The highest BCUT2D eigenvalue weighted by atomic mass is 32.2. The summed E-state index contributed by atoms with van der Waals surface area (Å²) in [5.74, 6) is -0.184. The summed E-state index contributed by atoms with van der Waals surface area (Å²) < 4.78 is 63.9. The van der Waals surface area contributed by atoms with Crippen molar-refractivity contribution < 1.29 is 21.2 Å². The van der Waals surface area contributed by atoms with Crippen molar-refractivity contribution in [2.45, 2.75) is 25.2 Å². The minimum atomic E-state index is -3.79. The van der Waals surface area contributed by atoms with Crippen molar-refractivity contribution in [1.29, 1.82) is 0 Å². The molecule has 0 fully saturated rings. The van der Waals surface area contributed by atoms with Crippen LogP contribution in [0, 0.1) is 11.7 Å². The van der Waals surface area contributed by atoms with E-state index < -0.39 is 25.9 Å². The van der Waals surface area contributed by atoms with Gasteiger partial charge in [-0.15, -0.1) is 0 Å². The zero-order valence-corrected chi connectivity index (χ0v) is 15.1. The first kappa shape index (κ1) is 20.0. The number of sulfonamides is 2. The van der Waals surface area contributed by atoms with Crippen LogP contribution in [-0.4, -0.2) is 47.0 Å². The van der Waals surface area contributed by atoms with Gasteiger partial charge in [-0.3, -0.25) is 0 Å². The normalized spacial score (nSPS) is 13.0. The molecule has 1 N–H and O–H groups in total. The maximum atomic E-state index is 12.8. The molecule has 1 rings (SSSR count). The van der Waals surface area contributed by atoms with Crippen LogP contribution in [0.15, 0.2) is 29.2 Å². The summed E-state index contributed by atoms with van der Waals surface area (Å²) >= 11 is 0. The predicted octanol–water partition coefficient (Wildman–Crippen LogP) is 1.41. The molecule has 9 heteroatoms. The second-order valence-corrected chi connectivity index (χ2v) is 9.45. The molecule has 0 saturated heterocycles. The third-order valence-electron chi connectivity index (χ3n) is 3.20. The molecule has 0 spiro atoms. The molecule has 0 atom stereocenters. The van der Waals surface area contributed by atoms with Gasteiger partial charge in [0, 0.05) is 19.6 Å². The topological polar surface area (TPSA) is 83.6 Å². The zero-order chi connectivity index (χ0) is 17.7. The summed E-state index contributed by atoms with van der Waals surface area (Å²) in [6, 6.07) is 4.43. The number of nitrogens with one attached hydrogen (secondary N) is 1. The number of halogens is 1. The van der Waals surface area contributed by atoms with Crippen LogP contribution < -0.4 is 4.72 Å². The lowest BCUT2D eigenvalue weighted by Crippen LogP contribution is -2.38. The van der Waals surface area contributed by atoms with Crippen LogP contribution in [0.3, 0.4) is 0 Å². The van der Waals surface area contributed by atoms with Crippen molar-refractivity contribution >= 4 is 20.0 Å². The summed E-state index contributed by atoms with van der Waals surface area (Å²) in [5, 5.41) is 0. The Morgan fingerprint density at radius 2 is 1.65 bits per heavy atom. The summed E-state index contributed by atoms with van der Waals surface area (Å²) in [4.78, 5) is -0.0630. The molecule has 1 aromatic carbocycles. The van der Waals surface area contributed by atoms with Gasteiger partial charge in [-0.2, -0.15) is 0 Å². The lowest BCUT2D eigenvalue weighted by molar-refractivity contribution is 0.385. The third-order valence-corrected chi connectivity index (χ3v) is 5.98. The Morgan fingerprint density at radius 3 is 2.13 bits per heavy atom. The molecule has 0 heterocycles. The van der Waals surface area contributed by atoms with E-state index >= 15 is 0 Å². The highest BCUT2D eigenvalue weighted by Gasteiger charge is 2.19. The molecule has 0 amide bonds. The molecule has 6 nitrogen and oxygen atoms in total. The van der Waals surface area contributed by atoms with E-state index in [-0.39, 0.29) is 18.0 Å². The standard InChI is InChI=1S/C14H23FN2O4S2/c1-12(2)8-10-17(22(3,18)19)11-9-16-23(20,21)14-6-4-13(15)5-7-14/h4-7,12,16H,8-11H2,1-3H3. The van der Waals surface area contributed by atoms with Crippen molar-refractivity contribution in [2.75, 3.05) is 25.9 Å². The van der Waals surface area contributed by atoms with Crippen molar-refractivity contribution in [1.82, 2.24) is 9.03 Å². The van der Waals surface area contributed by atoms with Crippen LogP contribution in [0.5, 0.6) is 0 Å². The van der Waals surface area contributed by atoms with E-state index in [1.54, 1.807) is 0 Å². The summed E-state index contributed by atoms with van der Waals surface area (Å²) in [5.41, 5.74) is 0. The summed E-state index contributed by atoms with van der Waals surface area (Å²) in [6.07, 6.45) is 1.79. The Hall–Kier alpha value is -1.03. The zero-order valence-electron chi connectivity index (χ0n) is 13.5. The molecule has 132 valence electrons. The molecule has 0 saturated carbocycles. The fourth-order valence-corrected chi connectivity index (χ4v) is 3.73. The number of benzene rings is 1. The Kier molecular flexibility index (Phi) is 7.12. The number of hydrogen-bond donors (Lipinski definition) is 1. The summed E-state index contributed by atoms with van der Waals surface area (Å²) in [7, 11) is -7.19. The van der Waals surface area contributed by atoms with E-state index in [0.29, 0.717) is 18.9 Å². The SMILES string of the molecule is CC(C)CCN(CCNS(=O)(=O)c1ccc(F)cc1)S(C)(=O)=O. The first-order valence-corrected chi connectivity index (χ1v) is 10.6. The van der Waals surface area contributed by atoms with E-state index in [1.807, 2.05) is 13.8 Å². The van der Waals surface area contributed by atoms with E-state index in [1.165, 1.54) is 4.31 Å². The van der Waals surface area contributed by atoms with Gasteiger partial charge in [0.1, 0.15) is 5.82 Å². The molecule has 1 aromatic rings. The second-order valence-electron chi connectivity index (χ2n) is 5.70. The fourth-order valence-electron chi connectivity index (χ4n) is 1.85. The third kappa shape index (κ3) is 6.94. The molecule has 0 aromatic heterocycles. The molecule has 23 heavy (non-hydrogen) atoms.